The van der Waals surface area contributed by atoms with Crippen molar-refractivity contribution in [3.8, 4) is 0 Å². The lowest BCUT2D eigenvalue weighted by Crippen LogP contribution is -2.44. The zero-order valence-electron chi connectivity index (χ0n) is 21.9. The highest BCUT2D eigenvalue weighted by molar-refractivity contribution is 5.95. The molecule has 0 bridgehead atoms. The summed E-state index contributed by atoms with van der Waals surface area (Å²) in [6, 6.07) is 6.63. The van der Waals surface area contributed by atoms with Gasteiger partial charge in [-0.3, -0.25) is 9.59 Å². The Hall–Kier alpha value is -3.10. The number of rotatable bonds is 6. The molecule has 0 aromatic heterocycles. The lowest BCUT2D eigenvalue weighted by molar-refractivity contribution is -0.135. The van der Waals surface area contributed by atoms with Crippen LogP contribution in [0.3, 0.4) is 0 Å². The van der Waals surface area contributed by atoms with E-state index < -0.39 is 11.6 Å². The number of hydrogen-bond acceptors (Lipinski definition) is 6. The van der Waals surface area contributed by atoms with Crippen LogP contribution in [-0.2, 0) is 19.1 Å². The number of methoxy groups -OCH3 is 1. The van der Waals surface area contributed by atoms with E-state index in [1.165, 1.54) is 7.11 Å². The molecule has 0 spiro atoms. The molecule has 9 nitrogen and oxygen atoms in total. The van der Waals surface area contributed by atoms with Gasteiger partial charge in [-0.15, -0.1) is 0 Å². The van der Waals surface area contributed by atoms with E-state index in [0.717, 1.165) is 32.1 Å². The normalized spacial score (nSPS) is 18.9. The van der Waals surface area contributed by atoms with Crippen molar-refractivity contribution in [3.63, 3.8) is 0 Å². The predicted molar refractivity (Wildman–Crippen MR) is 135 cm³/mol. The molecule has 198 valence electrons. The van der Waals surface area contributed by atoms with Gasteiger partial charge in [0, 0.05) is 38.3 Å². The molecule has 0 radical (unpaired) electrons. The van der Waals surface area contributed by atoms with E-state index in [0.29, 0.717) is 49.8 Å². The van der Waals surface area contributed by atoms with Crippen LogP contribution in [-0.4, -0.2) is 72.6 Å². The Balaban J connectivity index is 1.43. The second-order valence-corrected chi connectivity index (χ2v) is 10.7. The number of benzene rings is 1. The maximum atomic E-state index is 12.9. The topological polar surface area (TPSA) is 105 Å². The molecule has 1 atom stereocenters. The van der Waals surface area contributed by atoms with Crippen molar-refractivity contribution in [1.82, 2.24) is 9.80 Å². The third-order valence-electron chi connectivity index (χ3n) is 6.73. The van der Waals surface area contributed by atoms with Crippen molar-refractivity contribution in [2.24, 2.45) is 11.8 Å². The van der Waals surface area contributed by atoms with Gasteiger partial charge in [0.05, 0.1) is 18.6 Å². The van der Waals surface area contributed by atoms with Crippen molar-refractivity contribution >= 4 is 29.6 Å². The van der Waals surface area contributed by atoms with Crippen LogP contribution in [0.1, 0.15) is 69.7 Å². The molecule has 3 amide bonds. The lowest BCUT2D eigenvalue weighted by Gasteiger charge is -2.34. The highest BCUT2D eigenvalue weighted by atomic mass is 16.6. The predicted octanol–water partition coefficient (Wildman–Crippen LogP) is 4.08. The second kappa shape index (κ2) is 12.2. The summed E-state index contributed by atoms with van der Waals surface area (Å²) in [5.74, 6) is -0.421. The molecule has 2 saturated heterocycles. The number of piperidine rings is 2. The minimum Gasteiger partial charge on any atom is -0.465 e. The summed E-state index contributed by atoms with van der Waals surface area (Å²) in [5.41, 5.74) is 0.396. The first-order valence-corrected chi connectivity index (χ1v) is 12.8. The van der Waals surface area contributed by atoms with Gasteiger partial charge in [-0.2, -0.15) is 0 Å². The standard InChI is InChI=1S/C27H39N3O6/c1-27(2,3)36-26(34)29-15-12-19(13-16-29)10-11-23(31)30-14-6-8-21(18-30)24(32)28-22-9-5-7-20(17-22)25(33)35-4/h5,7,9,17,19,21H,6,8,10-16,18H2,1-4H3,(H,28,32). The highest BCUT2D eigenvalue weighted by Crippen LogP contribution is 2.25. The van der Waals surface area contributed by atoms with Crippen molar-refractivity contribution in [2.45, 2.75) is 64.9 Å². The van der Waals surface area contributed by atoms with Crippen LogP contribution >= 0.6 is 0 Å². The Morgan fingerprint density at radius 1 is 1.03 bits per heavy atom. The maximum absolute atomic E-state index is 12.9. The average molecular weight is 502 g/mol. The molecule has 3 rings (SSSR count). The van der Waals surface area contributed by atoms with Gasteiger partial charge in [-0.05, 0) is 77.0 Å². The Labute approximate surface area is 213 Å². The first-order valence-electron chi connectivity index (χ1n) is 12.8. The van der Waals surface area contributed by atoms with Gasteiger partial charge >= 0.3 is 12.1 Å². The fraction of sp³-hybridized carbons (Fsp3) is 0.630. The third kappa shape index (κ3) is 7.96. The zero-order valence-corrected chi connectivity index (χ0v) is 21.9. The molecule has 1 aromatic carbocycles. The van der Waals surface area contributed by atoms with Gasteiger partial charge in [0.1, 0.15) is 5.60 Å². The summed E-state index contributed by atoms with van der Waals surface area (Å²) in [6.45, 7) is 7.95. The minimum absolute atomic E-state index is 0.0785. The quantitative estimate of drug-likeness (QED) is 0.589. The Morgan fingerprint density at radius 3 is 2.42 bits per heavy atom. The summed E-state index contributed by atoms with van der Waals surface area (Å²) in [7, 11) is 1.31. The average Bonchev–Trinajstić information content (AvgIpc) is 2.86. The Bertz CT molecular complexity index is 949. The molecule has 2 fully saturated rings. The number of likely N-dealkylation sites (tertiary alicyclic amines) is 2. The minimum atomic E-state index is -0.503. The maximum Gasteiger partial charge on any atom is 0.410 e. The number of anilines is 1. The summed E-state index contributed by atoms with van der Waals surface area (Å²) < 4.78 is 10.2. The van der Waals surface area contributed by atoms with Crippen molar-refractivity contribution in [3.05, 3.63) is 29.8 Å². The van der Waals surface area contributed by atoms with Crippen LogP contribution in [0.4, 0.5) is 10.5 Å². The molecule has 0 aliphatic carbocycles. The molecule has 2 aliphatic heterocycles. The van der Waals surface area contributed by atoms with Crippen LogP contribution in [0.5, 0.6) is 0 Å². The third-order valence-corrected chi connectivity index (χ3v) is 6.73. The second-order valence-electron chi connectivity index (χ2n) is 10.7. The summed E-state index contributed by atoms with van der Waals surface area (Å²) in [6.07, 6.45) is 4.19. The largest absolute Gasteiger partial charge is 0.465 e. The van der Waals surface area contributed by atoms with Crippen LogP contribution in [0.15, 0.2) is 24.3 Å². The van der Waals surface area contributed by atoms with Crippen molar-refractivity contribution in [1.29, 1.82) is 0 Å². The lowest BCUT2D eigenvalue weighted by atomic mass is 9.91. The summed E-state index contributed by atoms with van der Waals surface area (Å²) in [5, 5.41) is 2.87. The van der Waals surface area contributed by atoms with Crippen LogP contribution in [0, 0.1) is 11.8 Å². The van der Waals surface area contributed by atoms with Crippen LogP contribution < -0.4 is 5.32 Å². The monoisotopic (exact) mass is 501 g/mol. The number of nitrogens with one attached hydrogen (secondary N) is 1. The molecular formula is C27H39N3O6. The van der Waals surface area contributed by atoms with E-state index in [9.17, 15) is 19.2 Å². The summed E-state index contributed by atoms with van der Waals surface area (Å²) >= 11 is 0. The molecule has 1 unspecified atom stereocenters. The van der Waals surface area contributed by atoms with Gasteiger partial charge in [0.25, 0.3) is 0 Å². The molecular weight excluding hydrogens is 462 g/mol. The van der Waals surface area contributed by atoms with Gasteiger partial charge in [-0.25, -0.2) is 9.59 Å². The van der Waals surface area contributed by atoms with Crippen LogP contribution in [0.25, 0.3) is 0 Å². The van der Waals surface area contributed by atoms with E-state index in [-0.39, 0.29) is 23.8 Å². The van der Waals surface area contributed by atoms with Crippen molar-refractivity contribution < 1.29 is 28.7 Å². The van der Waals surface area contributed by atoms with Gasteiger partial charge in [-0.1, -0.05) is 6.07 Å². The molecule has 9 heteroatoms. The van der Waals surface area contributed by atoms with E-state index >= 15 is 0 Å². The van der Waals surface area contributed by atoms with Crippen LogP contribution in [0.2, 0.25) is 0 Å². The van der Waals surface area contributed by atoms with Crippen molar-refractivity contribution in [2.75, 3.05) is 38.6 Å². The number of hydrogen-bond donors (Lipinski definition) is 1. The number of carbonyl (C=O) groups is 4. The fourth-order valence-corrected chi connectivity index (χ4v) is 4.72. The van der Waals surface area contributed by atoms with E-state index in [1.54, 1.807) is 34.1 Å². The number of amides is 3. The molecule has 2 heterocycles. The fourth-order valence-electron chi connectivity index (χ4n) is 4.72. The molecule has 1 N–H and O–H groups in total. The van der Waals surface area contributed by atoms with Gasteiger partial charge in [0.15, 0.2) is 0 Å². The first kappa shape index (κ1) is 27.5. The van der Waals surface area contributed by atoms with E-state index in [4.69, 9.17) is 9.47 Å². The smallest absolute Gasteiger partial charge is 0.410 e. The van der Waals surface area contributed by atoms with E-state index in [2.05, 4.69) is 5.32 Å². The number of esters is 1. The zero-order chi connectivity index (χ0) is 26.3. The molecule has 1 aromatic rings. The number of ether oxygens (including phenoxy) is 2. The molecule has 36 heavy (non-hydrogen) atoms. The highest BCUT2D eigenvalue weighted by Gasteiger charge is 2.30. The van der Waals surface area contributed by atoms with Gasteiger partial charge < -0.3 is 24.6 Å². The van der Waals surface area contributed by atoms with Gasteiger partial charge in [0.2, 0.25) is 11.8 Å². The molecule has 2 aliphatic rings. The Kier molecular flexibility index (Phi) is 9.34. The Morgan fingerprint density at radius 2 is 1.75 bits per heavy atom. The summed E-state index contributed by atoms with van der Waals surface area (Å²) in [4.78, 5) is 53.3. The number of nitrogens with zero attached hydrogens (tertiary/aromatic N) is 2. The first-order chi connectivity index (χ1) is 17.1. The molecule has 0 saturated carbocycles. The van der Waals surface area contributed by atoms with E-state index in [1.807, 2.05) is 20.8 Å². The number of carbonyl (C=O) groups excluding carboxylic acids is 4. The SMILES string of the molecule is COC(=O)c1cccc(NC(=O)C2CCCN(C(=O)CCC3CCN(C(=O)OC(C)(C)C)CC3)C2)c1.